The molecule has 0 spiro atoms. The number of nitrogens with one attached hydrogen (secondary N) is 1. The van der Waals surface area contributed by atoms with Crippen LogP contribution in [0, 0.1) is 11.3 Å². The van der Waals surface area contributed by atoms with Gasteiger partial charge in [0, 0.05) is 18.2 Å². The minimum atomic E-state index is -0.607. The predicted octanol–water partition coefficient (Wildman–Crippen LogP) is 3.36. The lowest BCUT2D eigenvalue weighted by molar-refractivity contribution is 0.191. The smallest absolute Gasteiger partial charge is 0.130 e. The van der Waals surface area contributed by atoms with E-state index in [1.165, 1.54) is 6.33 Å². The zero-order chi connectivity index (χ0) is 17.5. The van der Waals surface area contributed by atoms with Gasteiger partial charge in [-0.25, -0.2) is 9.97 Å². The molecule has 0 saturated carbocycles. The molecule has 0 aliphatic carbocycles. The van der Waals surface area contributed by atoms with Crippen molar-refractivity contribution in [2.75, 3.05) is 11.9 Å². The first-order valence-corrected chi connectivity index (χ1v) is 8.01. The fourth-order valence-electron chi connectivity index (χ4n) is 2.49. The molecule has 0 aliphatic heterocycles. The predicted molar refractivity (Wildman–Crippen MR) is 96.7 cm³/mol. The number of hydrogen-bond acceptors (Lipinski definition) is 5. The highest BCUT2D eigenvalue weighted by Crippen LogP contribution is 2.20. The summed E-state index contributed by atoms with van der Waals surface area (Å²) in [5.41, 5.74) is 3.58. The number of rotatable bonds is 6. The number of aromatic nitrogens is 2. The molecule has 0 fully saturated rings. The van der Waals surface area contributed by atoms with Gasteiger partial charge in [0.2, 0.25) is 0 Å². The maximum absolute atomic E-state index is 10.2. The lowest BCUT2D eigenvalue weighted by atomic mass is 10.1. The molecule has 0 aliphatic rings. The molecule has 0 radical (unpaired) electrons. The van der Waals surface area contributed by atoms with Crippen LogP contribution in [0.25, 0.3) is 11.3 Å². The Morgan fingerprint density at radius 3 is 2.52 bits per heavy atom. The third-order valence-corrected chi connectivity index (χ3v) is 3.86. The topological polar surface area (TPSA) is 81.8 Å². The summed E-state index contributed by atoms with van der Waals surface area (Å²) in [6.45, 7) is 0.363. The summed E-state index contributed by atoms with van der Waals surface area (Å²) in [5, 5.41) is 22.1. The molecule has 1 atom stereocenters. The van der Waals surface area contributed by atoms with Crippen molar-refractivity contribution >= 4 is 5.82 Å². The van der Waals surface area contributed by atoms with Crippen LogP contribution < -0.4 is 5.32 Å². The first-order chi connectivity index (χ1) is 12.3. The maximum Gasteiger partial charge on any atom is 0.130 e. The van der Waals surface area contributed by atoms with Gasteiger partial charge in [-0.15, -0.1) is 0 Å². The van der Waals surface area contributed by atoms with Gasteiger partial charge in [0.05, 0.1) is 24.3 Å². The van der Waals surface area contributed by atoms with Crippen LogP contribution in [0.2, 0.25) is 0 Å². The van der Waals surface area contributed by atoms with Gasteiger partial charge in [0.15, 0.2) is 0 Å². The molecule has 1 aromatic heterocycles. The van der Waals surface area contributed by atoms with Gasteiger partial charge in [-0.3, -0.25) is 0 Å². The molecule has 5 heteroatoms. The first-order valence-electron chi connectivity index (χ1n) is 8.01. The van der Waals surface area contributed by atoms with Gasteiger partial charge >= 0.3 is 0 Å². The van der Waals surface area contributed by atoms with E-state index in [0.717, 1.165) is 22.4 Å². The molecule has 0 unspecified atom stereocenters. The molecule has 124 valence electrons. The Morgan fingerprint density at radius 1 is 1.04 bits per heavy atom. The minimum Gasteiger partial charge on any atom is -0.387 e. The largest absolute Gasteiger partial charge is 0.387 e. The fourth-order valence-corrected chi connectivity index (χ4v) is 2.49. The molecule has 2 N–H and O–H groups in total. The SMILES string of the molecule is N#CCc1ccc(-c2cc(NC[C@@H](O)c3ccccc3)ncn2)cc1. The second kappa shape index (κ2) is 8.04. The molecule has 0 saturated heterocycles. The third-order valence-electron chi connectivity index (χ3n) is 3.86. The Bertz CT molecular complexity index is 857. The van der Waals surface area contributed by atoms with E-state index >= 15 is 0 Å². The van der Waals surface area contributed by atoms with E-state index in [2.05, 4.69) is 21.4 Å². The normalized spacial score (nSPS) is 11.5. The van der Waals surface area contributed by atoms with Crippen molar-refractivity contribution in [2.45, 2.75) is 12.5 Å². The number of nitriles is 1. The summed E-state index contributed by atoms with van der Waals surface area (Å²) in [5.74, 6) is 0.654. The van der Waals surface area contributed by atoms with Crippen molar-refractivity contribution in [1.29, 1.82) is 5.26 Å². The van der Waals surface area contributed by atoms with Gasteiger partial charge in [0.25, 0.3) is 0 Å². The zero-order valence-corrected chi connectivity index (χ0v) is 13.6. The Kier molecular flexibility index (Phi) is 5.35. The summed E-state index contributed by atoms with van der Waals surface area (Å²) in [4.78, 5) is 8.49. The molecule has 1 heterocycles. The van der Waals surface area contributed by atoms with E-state index in [9.17, 15) is 5.11 Å². The van der Waals surface area contributed by atoms with Crippen molar-refractivity contribution in [3.8, 4) is 17.3 Å². The molecular weight excluding hydrogens is 312 g/mol. The van der Waals surface area contributed by atoms with Crippen LogP contribution in [0.5, 0.6) is 0 Å². The summed E-state index contributed by atoms with van der Waals surface area (Å²) < 4.78 is 0. The monoisotopic (exact) mass is 330 g/mol. The molecule has 3 aromatic rings. The van der Waals surface area contributed by atoms with E-state index in [4.69, 9.17) is 5.26 Å². The molecular formula is C20H18N4O. The Hall–Kier alpha value is -3.23. The van der Waals surface area contributed by atoms with Crippen LogP contribution in [0.3, 0.4) is 0 Å². The van der Waals surface area contributed by atoms with Crippen LogP contribution in [0.15, 0.2) is 67.0 Å². The number of hydrogen-bond donors (Lipinski definition) is 2. The van der Waals surface area contributed by atoms with E-state index in [1.807, 2.05) is 60.7 Å². The second-order valence-corrected chi connectivity index (χ2v) is 5.63. The quantitative estimate of drug-likeness (QED) is 0.724. The van der Waals surface area contributed by atoms with Crippen LogP contribution in [0.1, 0.15) is 17.2 Å². The lowest BCUT2D eigenvalue weighted by Crippen LogP contribution is -2.13. The van der Waals surface area contributed by atoms with Crippen molar-refractivity contribution < 1.29 is 5.11 Å². The second-order valence-electron chi connectivity index (χ2n) is 5.63. The number of aliphatic hydroxyl groups is 1. The average Bonchev–Trinajstić information content (AvgIpc) is 2.68. The lowest BCUT2D eigenvalue weighted by Gasteiger charge is -2.13. The average molecular weight is 330 g/mol. The summed E-state index contributed by atoms with van der Waals surface area (Å²) in [7, 11) is 0. The molecule has 5 nitrogen and oxygen atoms in total. The number of benzene rings is 2. The van der Waals surface area contributed by atoms with E-state index in [0.29, 0.717) is 18.8 Å². The minimum absolute atomic E-state index is 0.363. The van der Waals surface area contributed by atoms with Crippen molar-refractivity contribution in [3.63, 3.8) is 0 Å². The molecule has 2 aromatic carbocycles. The standard InChI is InChI=1S/C20H18N4O/c21-11-10-15-6-8-16(9-7-15)18-12-20(24-14-23-18)22-13-19(25)17-4-2-1-3-5-17/h1-9,12,14,19,25H,10,13H2,(H,22,23,24)/t19-/m1/s1. The van der Waals surface area contributed by atoms with E-state index < -0.39 is 6.10 Å². The van der Waals surface area contributed by atoms with Gasteiger partial charge in [0.1, 0.15) is 12.1 Å². The summed E-state index contributed by atoms with van der Waals surface area (Å²) in [6.07, 6.45) is 1.29. The van der Waals surface area contributed by atoms with Gasteiger partial charge in [-0.05, 0) is 11.1 Å². The van der Waals surface area contributed by atoms with Crippen molar-refractivity contribution in [3.05, 3.63) is 78.1 Å². The highest BCUT2D eigenvalue weighted by Gasteiger charge is 2.08. The first kappa shape index (κ1) is 16.6. The maximum atomic E-state index is 10.2. The van der Waals surface area contributed by atoms with E-state index in [1.54, 1.807) is 0 Å². The third kappa shape index (κ3) is 4.40. The van der Waals surface area contributed by atoms with Gasteiger partial charge < -0.3 is 10.4 Å². The van der Waals surface area contributed by atoms with Crippen LogP contribution in [-0.4, -0.2) is 21.6 Å². The van der Waals surface area contributed by atoms with Crippen molar-refractivity contribution in [1.82, 2.24) is 9.97 Å². The highest BCUT2D eigenvalue weighted by molar-refractivity contribution is 5.62. The van der Waals surface area contributed by atoms with E-state index in [-0.39, 0.29) is 0 Å². The molecule has 0 amide bonds. The summed E-state index contributed by atoms with van der Waals surface area (Å²) in [6, 6.07) is 21.2. The Labute approximate surface area is 146 Å². The van der Waals surface area contributed by atoms with Crippen molar-refractivity contribution in [2.24, 2.45) is 0 Å². The number of nitrogens with zero attached hydrogens (tertiary/aromatic N) is 3. The summed E-state index contributed by atoms with van der Waals surface area (Å²) >= 11 is 0. The molecule has 3 rings (SSSR count). The Balaban J connectivity index is 1.68. The highest BCUT2D eigenvalue weighted by atomic mass is 16.3. The zero-order valence-electron chi connectivity index (χ0n) is 13.6. The van der Waals surface area contributed by atoms with Crippen LogP contribution in [0.4, 0.5) is 5.82 Å². The van der Waals surface area contributed by atoms with Crippen LogP contribution in [-0.2, 0) is 6.42 Å². The fraction of sp³-hybridized carbons (Fsp3) is 0.150. The van der Waals surface area contributed by atoms with Gasteiger partial charge in [-0.1, -0.05) is 54.6 Å². The van der Waals surface area contributed by atoms with Gasteiger partial charge in [-0.2, -0.15) is 5.26 Å². The number of aliphatic hydroxyl groups excluding tert-OH is 1. The van der Waals surface area contributed by atoms with Crippen LogP contribution >= 0.6 is 0 Å². The molecule has 25 heavy (non-hydrogen) atoms. The Morgan fingerprint density at radius 2 is 1.80 bits per heavy atom. The molecule has 0 bridgehead atoms. The number of anilines is 1.